The highest BCUT2D eigenvalue weighted by Gasteiger charge is 2.11. The first-order valence-electron chi connectivity index (χ1n) is 6.34. The smallest absolute Gasteiger partial charge is 0.125 e. The number of nitrogens with zero attached hydrogens (tertiary/aromatic N) is 2. The number of aryl methyl sites for hydroxylation is 1. The topological polar surface area (TPSA) is 17.8 Å². The summed E-state index contributed by atoms with van der Waals surface area (Å²) in [6, 6.07) is 16.6. The average Bonchev–Trinajstić information content (AvgIpc) is 2.80. The van der Waals surface area contributed by atoms with Gasteiger partial charge in [0.25, 0.3) is 0 Å². The van der Waals surface area contributed by atoms with Crippen molar-refractivity contribution in [3.05, 3.63) is 65.5 Å². The Morgan fingerprint density at radius 3 is 2.58 bits per heavy atom. The Kier molecular flexibility index (Phi) is 3.26. The number of alkyl halides is 1. The van der Waals surface area contributed by atoms with Gasteiger partial charge in [-0.2, -0.15) is 0 Å². The molecule has 2 aromatic carbocycles. The third-order valence-electron chi connectivity index (χ3n) is 3.36. The van der Waals surface area contributed by atoms with Gasteiger partial charge in [-0.05, 0) is 24.1 Å². The molecule has 3 aromatic rings. The zero-order valence-electron chi connectivity index (χ0n) is 10.8. The minimum atomic E-state index is 0.432. The SMILES string of the molecule is Cc1cccc2c1nc(CCl)n2Cc1ccccc1. The van der Waals surface area contributed by atoms with Crippen LogP contribution in [0.2, 0.25) is 0 Å². The van der Waals surface area contributed by atoms with E-state index in [9.17, 15) is 0 Å². The number of hydrogen-bond acceptors (Lipinski definition) is 1. The van der Waals surface area contributed by atoms with E-state index in [2.05, 4.69) is 58.9 Å². The summed E-state index contributed by atoms with van der Waals surface area (Å²) < 4.78 is 2.20. The van der Waals surface area contributed by atoms with Gasteiger partial charge in [-0.3, -0.25) is 0 Å². The Hall–Kier alpha value is -1.80. The van der Waals surface area contributed by atoms with Gasteiger partial charge in [-0.25, -0.2) is 4.98 Å². The number of fused-ring (bicyclic) bond motifs is 1. The predicted octanol–water partition coefficient (Wildman–Crippen LogP) is 4.13. The van der Waals surface area contributed by atoms with Crippen molar-refractivity contribution in [2.45, 2.75) is 19.3 Å². The van der Waals surface area contributed by atoms with Gasteiger partial charge in [0.15, 0.2) is 0 Å². The van der Waals surface area contributed by atoms with E-state index in [4.69, 9.17) is 11.6 Å². The Labute approximate surface area is 117 Å². The van der Waals surface area contributed by atoms with Crippen LogP contribution in [-0.2, 0) is 12.4 Å². The summed E-state index contributed by atoms with van der Waals surface area (Å²) in [5, 5.41) is 0. The normalized spacial score (nSPS) is 11.1. The highest BCUT2D eigenvalue weighted by molar-refractivity contribution is 6.16. The van der Waals surface area contributed by atoms with Gasteiger partial charge in [0.2, 0.25) is 0 Å². The van der Waals surface area contributed by atoms with E-state index in [-0.39, 0.29) is 0 Å². The summed E-state index contributed by atoms with van der Waals surface area (Å²) in [5.41, 5.74) is 4.65. The molecule has 0 atom stereocenters. The van der Waals surface area contributed by atoms with Crippen molar-refractivity contribution in [3.8, 4) is 0 Å². The average molecular weight is 271 g/mol. The molecule has 0 aliphatic rings. The van der Waals surface area contributed by atoms with Gasteiger partial charge in [0, 0.05) is 6.54 Å². The van der Waals surface area contributed by atoms with Crippen LogP contribution in [0.15, 0.2) is 48.5 Å². The molecule has 0 aliphatic carbocycles. The van der Waals surface area contributed by atoms with Crippen molar-refractivity contribution >= 4 is 22.6 Å². The molecule has 0 saturated heterocycles. The Bertz CT molecular complexity index is 701. The molecule has 0 saturated carbocycles. The maximum Gasteiger partial charge on any atom is 0.125 e. The molecule has 96 valence electrons. The van der Waals surface area contributed by atoms with Crippen LogP contribution in [0.25, 0.3) is 11.0 Å². The lowest BCUT2D eigenvalue weighted by Gasteiger charge is -2.07. The Morgan fingerprint density at radius 1 is 1.05 bits per heavy atom. The number of rotatable bonds is 3. The van der Waals surface area contributed by atoms with Crippen molar-refractivity contribution in [2.75, 3.05) is 0 Å². The summed E-state index contributed by atoms with van der Waals surface area (Å²) in [4.78, 5) is 4.66. The first-order valence-corrected chi connectivity index (χ1v) is 6.87. The standard InChI is InChI=1S/C16H15ClN2/c1-12-6-5-9-14-16(12)18-15(10-17)19(14)11-13-7-3-2-4-8-13/h2-9H,10-11H2,1H3. The molecule has 1 heterocycles. The van der Waals surface area contributed by atoms with Crippen LogP contribution in [0.5, 0.6) is 0 Å². The molecule has 0 amide bonds. The van der Waals surface area contributed by atoms with Gasteiger partial charge >= 0.3 is 0 Å². The van der Waals surface area contributed by atoms with E-state index in [0.717, 1.165) is 23.4 Å². The highest BCUT2D eigenvalue weighted by atomic mass is 35.5. The molecule has 3 heteroatoms. The monoisotopic (exact) mass is 270 g/mol. The zero-order chi connectivity index (χ0) is 13.2. The fraction of sp³-hybridized carbons (Fsp3) is 0.188. The predicted molar refractivity (Wildman–Crippen MR) is 79.6 cm³/mol. The molecular formula is C16H15ClN2. The molecular weight excluding hydrogens is 256 g/mol. The third kappa shape index (κ3) is 2.24. The van der Waals surface area contributed by atoms with Crippen molar-refractivity contribution in [3.63, 3.8) is 0 Å². The van der Waals surface area contributed by atoms with Gasteiger partial charge in [0.05, 0.1) is 16.9 Å². The largest absolute Gasteiger partial charge is 0.322 e. The van der Waals surface area contributed by atoms with Crippen molar-refractivity contribution in [1.29, 1.82) is 0 Å². The minimum absolute atomic E-state index is 0.432. The van der Waals surface area contributed by atoms with Crippen LogP contribution in [0.3, 0.4) is 0 Å². The third-order valence-corrected chi connectivity index (χ3v) is 3.60. The van der Waals surface area contributed by atoms with Crippen molar-refractivity contribution in [2.24, 2.45) is 0 Å². The van der Waals surface area contributed by atoms with Crippen LogP contribution in [0, 0.1) is 6.92 Å². The Morgan fingerprint density at radius 2 is 1.84 bits per heavy atom. The highest BCUT2D eigenvalue weighted by Crippen LogP contribution is 2.22. The van der Waals surface area contributed by atoms with E-state index < -0.39 is 0 Å². The zero-order valence-corrected chi connectivity index (χ0v) is 11.6. The molecule has 3 rings (SSSR count). The van der Waals surface area contributed by atoms with Gasteiger partial charge < -0.3 is 4.57 Å². The quantitative estimate of drug-likeness (QED) is 0.654. The van der Waals surface area contributed by atoms with E-state index in [1.807, 2.05) is 6.07 Å². The lowest BCUT2D eigenvalue weighted by molar-refractivity contribution is 0.779. The van der Waals surface area contributed by atoms with Crippen LogP contribution in [-0.4, -0.2) is 9.55 Å². The molecule has 0 N–H and O–H groups in total. The second kappa shape index (κ2) is 5.06. The summed E-state index contributed by atoms with van der Waals surface area (Å²) in [6.07, 6.45) is 0. The molecule has 0 fully saturated rings. The summed E-state index contributed by atoms with van der Waals surface area (Å²) in [6.45, 7) is 2.89. The molecule has 0 spiro atoms. The fourth-order valence-electron chi connectivity index (χ4n) is 2.38. The first kappa shape index (κ1) is 12.2. The molecule has 1 aromatic heterocycles. The number of para-hydroxylation sites is 1. The van der Waals surface area contributed by atoms with Crippen LogP contribution in [0.1, 0.15) is 17.0 Å². The van der Waals surface area contributed by atoms with E-state index in [1.54, 1.807) is 0 Å². The second-order valence-electron chi connectivity index (χ2n) is 4.68. The van der Waals surface area contributed by atoms with Gasteiger partial charge in [-0.15, -0.1) is 11.6 Å². The summed E-state index contributed by atoms with van der Waals surface area (Å²) in [7, 11) is 0. The fourth-order valence-corrected chi connectivity index (χ4v) is 2.58. The van der Waals surface area contributed by atoms with Gasteiger partial charge in [-0.1, -0.05) is 42.5 Å². The molecule has 0 unspecified atom stereocenters. The van der Waals surface area contributed by atoms with Crippen molar-refractivity contribution < 1.29 is 0 Å². The van der Waals surface area contributed by atoms with E-state index in [1.165, 1.54) is 11.1 Å². The summed E-state index contributed by atoms with van der Waals surface area (Å²) >= 11 is 6.04. The van der Waals surface area contributed by atoms with Gasteiger partial charge in [0.1, 0.15) is 5.82 Å². The number of aromatic nitrogens is 2. The molecule has 0 aliphatic heterocycles. The van der Waals surface area contributed by atoms with Crippen LogP contribution in [0.4, 0.5) is 0 Å². The molecule has 19 heavy (non-hydrogen) atoms. The van der Waals surface area contributed by atoms with E-state index in [0.29, 0.717) is 5.88 Å². The Balaban J connectivity index is 2.14. The maximum atomic E-state index is 6.04. The lowest BCUT2D eigenvalue weighted by atomic mass is 10.2. The number of benzene rings is 2. The van der Waals surface area contributed by atoms with E-state index >= 15 is 0 Å². The minimum Gasteiger partial charge on any atom is -0.322 e. The van der Waals surface area contributed by atoms with Crippen molar-refractivity contribution in [1.82, 2.24) is 9.55 Å². The molecule has 0 radical (unpaired) electrons. The molecule has 0 bridgehead atoms. The summed E-state index contributed by atoms with van der Waals surface area (Å²) in [5.74, 6) is 1.36. The molecule has 2 nitrogen and oxygen atoms in total. The van der Waals surface area contributed by atoms with Crippen LogP contribution >= 0.6 is 11.6 Å². The first-order chi connectivity index (χ1) is 9.29. The maximum absolute atomic E-state index is 6.04. The number of imidazole rings is 1. The number of halogens is 1. The lowest BCUT2D eigenvalue weighted by Crippen LogP contribution is -2.03. The second-order valence-corrected chi connectivity index (χ2v) is 4.94. The van der Waals surface area contributed by atoms with Crippen LogP contribution < -0.4 is 0 Å². The number of hydrogen-bond donors (Lipinski definition) is 0.